The van der Waals surface area contributed by atoms with Crippen molar-refractivity contribution in [3.05, 3.63) is 60.2 Å². The van der Waals surface area contributed by atoms with Gasteiger partial charge in [0.25, 0.3) is 5.91 Å². The fourth-order valence-electron chi connectivity index (χ4n) is 3.03. The number of para-hydroxylation sites is 1. The number of nitrogens with one attached hydrogen (secondary N) is 1. The Morgan fingerprint density at radius 2 is 2.00 bits per heavy atom. The zero-order valence-electron chi connectivity index (χ0n) is 16.4. The highest BCUT2D eigenvalue weighted by molar-refractivity contribution is 7.89. The van der Waals surface area contributed by atoms with Crippen LogP contribution in [0.25, 0.3) is 0 Å². The maximum Gasteiger partial charge on any atom is 0.253 e. The lowest BCUT2D eigenvalue weighted by Gasteiger charge is -2.18. The molecule has 2 aromatic rings. The van der Waals surface area contributed by atoms with Gasteiger partial charge in [0.1, 0.15) is 12.4 Å². The summed E-state index contributed by atoms with van der Waals surface area (Å²) in [6.07, 6.45) is 1.69. The van der Waals surface area contributed by atoms with Crippen molar-refractivity contribution in [3.8, 4) is 5.75 Å². The van der Waals surface area contributed by atoms with E-state index in [1.54, 1.807) is 19.2 Å². The van der Waals surface area contributed by atoms with Crippen LogP contribution in [0.2, 0.25) is 0 Å². The van der Waals surface area contributed by atoms with Gasteiger partial charge in [-0.15, -0.1) is 0 Å². The molecule has 1 aliphatic heterocycles. The van der Waals surface area contributed by atoms with Crippen LogP contribution in [-0.4, -0.2) is 58.7 Å². The van der Waals surface area contributed by atoms with Crippen LogP contribution in [0.1, 0.15) is 23.2 Å². The molecule has 1 saturated heterocycles. The number of sulfonamides is 1. The van der Waals surface area contributed by atoms with Gasteiger partial charge in [-0.2, -0.15) is 0 Å². The third-order valence-electron chi connectivity index (χ3n) is 4.70. The molecule has 2 aromatic carbocycles. The van der Waals surface area contributed by atoms with Crippen molar-refractivity contribution in [2.75, 3.05) is 33.4 Å². The van der Waals surface area contributed by atoms with Crippen LogP contribution in [0.15, 0.2) is 59.5 Å². The second-order valence-corrected chi connectivity index (χ2v) is 8.67. The average molecular weight is 419 g/mol. The number of carbonyl (C=O) groups is 1. The van der Waals surface area contributed by atoms with Gasteiger partial charge in [0.2, 0.25) is 10.0 Å². The largest absolute Gasteiger partial charge is 0.492 e. The van der Waals surface area contributed by atoms with Gasteiger partial charge in [0.15, 0.2) is 0 Å². The lowest BCUT2D eigenvalue weighted by atomic mass is 10.2. The molecule has 0 spiro atoms. The first-order chi connectivity index (χ1) is 14.0. The quantitative estimate of drug-likeness (QED) is 0.675. The molecule has 0 aliphatic carbocycles. The number of amides is 1. The zero-order valence-corrected chi connectivity index (χ0v) is 17.2. The highest BCUT2D eigenvalue weighted by Crippen LogP contribution is 2.15. The molecule has 29 heavy (non-hydrogen) atoms. The van der Waals surface area contributed by atoms with E-state index in [2.05, 4.69) is 4.72 Å². The van der Waals surface area contributed by atoms with Crippen LogP contribution in [0.5, 0.6) is 5.75 Å². The van der Waals surface area contributed by atoms with Crippen LogP contribution < -0.4 is 9.46 Å². The predicted molar refractivity (Wildman–Crippen MR) is 110 cm³/mol. The summed E-state index contributed by atoms with van der Waals surface area (Å²) < 4.78 is 38.7. The third-order valence-corrected chi connectivity index (χ3v) is 6.12. The smallest absolute Gasteiger partial charge is 0.253 e. The van der Waals surface area contributed by atoms with Gasteiger partial charge in [-0.25, -0.2) is 13.1 Å². The molecule has 0 bridgehead atoms. The van der Waals surface area contributed by atoms with E-state index in [1.807, 2.05) is 30.3 Å². The first-order valence-corrected chi connectivity index (χ1v) is 11.1. The molecule has 0 saturated carbocycles. The molecule has 156 valence electrons. The van der Waals surface area contributed by atoms with E-state index >= 15 is 0 Å². The minimum absolute atomic E-state index is 0.0651. The van der Waals surface area contributed by atoms with Crippen molar-refractivity contribution in [2.45, 2.75) is 23.8 Å². The summed E-state index contributed by atoms with van der Waals surface area (Å²) >= 11 is 0. The molecular weight excluding hydrogens is 392 g/mol. The normalized spacial score (nSPS) is 16.5. The molecule has 7 nitrogen and oxygen atoms in total. The molecule has 8 heteroatoms. The second-order valence-electron chi connectivity index (χ2n) is 6.90. The fraction of sp³-hybridized carbons (Fsp3) is 0.381. The number of carbonyl (C=O) groups excluding carboxylic acids is 1. The first-order valence-electron chi connectivity index (χ1n) is 9.60. The number of ether oxygens (including phenoxy) is 2. The van der Waals surface area contributed by atoms with E-state index < -0.39 is 10.0 Å². The Morgan fingerprint density at radius 3 is 2.72 bits per heavy atom. The monoisotopic (exact) mass is 418 g/mol. The van der Waals surface area contributed by atoms with Crippen molar-refractivity contribution in [1.82, 2.24) is 9.62 Å². The van der Waals surface area contributed by atoms with Gasteiger partial charge in [0.05, 0.1) is 17.5 Å². The average Bonchev–Trinajstić information content (AvgIpc) is 3.26. The Hall–Kier alpha value is -2.42. The molecule has 0 aromatic heterocycles. The Morgan fingerprint density at radius 1 is 1.21 bits per heavy atom. The maximum absolute atomic E-state index is 12.7. The SMILES string of the molecule is CN(CCOc1ccccc1)C(=O)c1cccc(S(=O)(=O)NCC2CCCO2)c1. The number of likely N-dealkylation sites (N-methyl/N-ethyl adjacent to an activating group) is 1. The number of hydrogen-bond donors (Lipinski definition) is 1. The van der Waals surface area contributed by atoms with Gasteiger partial charge in [0, 0.05) is 25.8 Å². The van der Waals surface area contributed by atoms with Crippen LogP contribution in [-0.2, 0) is 14.8 Å². The number of benzene rings is 2. The Labute approximate surface area is 171 Å². The summed E-state index contributed by atoms with van der Waals surface area (Å²) in [5, 5.41) is 0. The Balaban J connectivity index is 1.57. The van der Waals surface area contributed by atoms with Gasteiger partial charge >= 0.3 is 0 Å². The van der Waals surface area contributed by atoms with Crippen molar-refractivity contribution >= 4 is 15.9 Å². The fourth-order valence-corrected chi connectivity index (χ4v) is 4.14. The molecule has 1 unspecified atom stereocenters. The summed E-state index contributed by atoms with van der Waals surface area (Å²) in [5.74, 6) is 0.469. The minimum atomic E-state index is -3.71. The van der Waals surface area contributed by atoms with E-state index in [-0.39, 0.29) is 23.5 Å². The van der Waals surface area contributed by atoms with Gasteiger partial charge < -0.3 is 14.4 Å². The molecule has 1 fully saturated rings. The summed E-state index contributed by atoms with van der Waals surface area (Å²) in [4.78, 5) is 14.2. The molecule has 1 aliphatic rings. The van der Waals surface area contributed by atoms with Gasteiger partial charge in [-0.1, -0.05) is 24.3 Å². The van der Waals surface area contributed by atoms with Crippen molar-refractivity contribution in [1.29, 1.82) is 0 Å². The number of rotatable bonds is 9. The zero-order chi connectivity index (χ0) is 20.7. The van der Waals surface area contributed by atoms with Crippen molar-refractivity contribution < 1.29 is 22.7 Å². The standard InChI is InChI=1S/C21H26N2O5S/c1-23(12-14-28-18-8-3-2-4-9-18)21(24)17-7-5-11-20(15-17)29(25,26)22-16-19-10-6-13-27-19/h2-5,7-9,11,15,19,22H,6,10,12-14,16H2,1H3. The second kappa shape index (κ2) is 9.87. The van der Waals surface area contributed by atoms with E-state index in [1.165, 1.54) is 17.0 Å². The van der Waals surface area contributed by atoms with Crippen LogP contribution in [0.4, 0.5) is 0 Å². The molecule has 1 amide bonds. The molecule has 3 rings (SSSR count). The summed E-state index contributed by atoms with van der Waals surface area (Å²) in [6.45, 7) is 1.61. The van der Waals surface area contributed by atoms with Gasteiger partial charge in [-0.05, 0) is 43.2 Å². The highest BCUT2D eigenvalue weighted by atomic mass is 32.2. The summed E-state index contributed by atoms with van der Waals surface area (Å²) in [7, 11) is -2.05. The molecule has 0 radical (unpaired) electrons. The molecule has 1 atom stereocenters. The highest BCUT2D eigenvalue weighted by Gasteiger charge is 2.21. The van der Waals surface area contributed by atoms with E-state index in [9.17, 15) is 13.2 Å². The topological polar surface area (TPSA) is 84.9 Å². The number of hydrogen-bond acceptors (Lipinski definition) is 5. The number of nitrogens with zero attached hydrogens (tertiary/aromatic N) is 1. The van der Waals surface area contributed by atoms with E-state index in [0.29, 0.717) is 25.3 Å². The molecule has 1 heterocycles. The van der Waals surface area contributed by atoms with E-state index in [0.717, 1.165) is 18.6 Å². The van der Waals surface area contributed by atoms with Crippen molar-refractivity contribution in [3.63, 3.8) is 0 Å². The minimum Gasteiger partial charge on any atom is -0.492 e. The lowest BCUT2D eigenvalue weighted by Crippen LogP contribution is -2.33. The van der Waals surface area contributed by atoms with Crippen molar-refractivity contribution in [2.24, 2.45) is 0 Å². The molecular formula is C21H26N2O5S. The van der Waals surface area contributed by atoms with Gasteiger partial charge in [-0.3, -0.25) is 4.79 Å². The third kappa shape index (κ3) is 6.03. The lowest BCUT2D eigenvalue weighted by molar-refractivity contribution is 0.0773. The summed E-state index contributed by atoms with van der Waals surface area (Å²) in [5.41, 5.74) is 0.312. The summed E-state index contributed by atoms with van der Waals surface area (Å²) in [6, 6.07) is 15.4. The van der Waals surface area contributed by atoms with E-state index in [4.69, 9.17) is 9.47 Å². The van der Waals surface area contributed by atoms with Crippen LogP contribution in [0.3, 0.4) is 0 Å². The molecule has 1 N–H and O–H groups in total. The van der Waals surface area contributed by atoms with Crippen LogP contribution >= 0.6 is 0 Å². The Bertz CT molecular complexity index is 912. The van der Waals surface area contributed by atoms with Crippen LogP contribution in [0, 0.1) is 0 Å². The predicted octanol–water partition coefficient (Wildman–Crippen LogP) is 2.29. The Kier molecular flexibility index (Phi) is 7.24. The maximum atomic E-state index is 12.7. The first kappa shape index (κ1) is 21.3.